The third-order valence-electron chi connectivity index (χ3n) is 7.07. The second kappa shape index (κ2) is 17.4. The number of rotatable bonds is 17. The number of esters is 3. The summed E-state index contributed by atoms with van der Waals surface area (Å²) in [4.78, 5) is 36.4. The van der Waals surface area contributed by atoms with Crippen LogP contribution in [0.1, 0.15) is 68.6 Å². The highest BCUT2D eigenvalue weighted by Gasteiger charge is 2.36. The molecule has 2 aliphatic rings. The van der Waals surface area contributed by atoms with Crippen molar-refractivity contribution in [2.24, 2.45) is 5.92 Å². The van der Waals surface area contributed by atoms with Crippen molar-refractivity contribution >= 4 is 17.9 Å². The smallest absolute Gasteiger partial charge is 0.338 e. The Morgan fingerprint density at radius 3 is 2.56 bits per heavy atom. The Kier molecular flexibility index (Phi) is 13.6. The van der Waals surface area contributed by atoms with Gasteiger partial charge in [0.25, 0.3) is 0 Å². The minimum atomic E-state index is -0.862. The SMILES string of the molecule is C=CC(=O)OCCOc1ccc(C(=O)O[C@H]2CO[C@H]([C@@H](CO)OC(=O)C3=CCC(CCCCCCC)C=C3)C2)cc1. The van der Waals surface area contributed by atoms with Gasteiger partial charge in [-0.15, -0.1) is 0 Å². The summed E-state index contributed by atoms with van der Waals surface area (Å²) in [5, 5.41) is 9.88. The standard InChI is InChI=1S/C32H42O9/c1-3-5-6-7-8-9-23-10-12-24(13-11-23)32(36)41-29(21-33)28-20-27(22-39-28)40-31(35)25-14-16-26(17-15-25)37-18-19-38-30(34)4-2/h4,10,12-17,23,27-29,33H,2-3,5-9,11,18-22H2,1H3/t23?,27-,28+,29-/m1/s1. The van der Waals surface area contributed by atoms with E-state index in [0.29, 0.717) is 29.2 Å². The first-order valence-electron chi connectivity index (χ1n) is 14.5. The molecule has 1 saturated heterocycles. The minimum Gasteiger partial charge on any atom is -0.490 e. The summed E-state index contributed by atoms with van der Waals surface area (Å²) in [7, 11) is 0. The highest BCUT2D eigenvalue weighted by molar-refractivity contribution is 5.92. The lowest BCUT2D eigenvalue weighted by Gasteiger charge is -2.22. The van der Waals surface area contributed by atoms with E-state index in [4.69, 9.17) is 23.7 Å². The first-order valence-corrected chi connectivity index (χ1v) is 14.5. The van der Waals surface area contributed by atoms with Crippen molar-refractivity contribution in [3.05, 3.63) is 66.3 Å². The van der Waals surface area contributed by atoms with E-state index in [2.05, 4.69) is 19.6 Å². The Hall–Kier alpha value is -3.43. The summed E-state index contributed by atoms with van der Waals surface area (Å²) in [5.41, 5.74) is 0.816. The fourth-order valence-corrected chi connectivity index (χ4v) is 4.71. The van der Waals surface area contributed by atoms with Gasteiger partial charge in [0.1, 0.15) is 31.2 Å². The Balaban J connectivity index is 1.39. The zero-order valence-corrected chi connectivity index (χ0v) is 23.8. The number of allylic oxidation sites excluding steroid dienone is 2. The van der Waals surface area contributed by atoms with Crippen LogP contribution < -0.4 is 4.74 Å². The molecule has 41 heavy (non-hydrogen) atoms. The fourth-order valence-electron chi connectivity index (χ4n) is 4.71. The average Bonchev–Trinajstić information content (AvgIpc) is 3.46. The van der Waals surface area contributed by atoms with E-state index in [1.807, 2.05) is 12.2 Å². The van der Waals surface area contributed by atoms with E-state index in [-0.39, 0.29) is 19.8 Å². The normalized spacial score (nSPS) is 20.5. The van der Waals surface area contributed by atoms with Crippen LogP contribution in [0, 0.1) is 5.92 Å². The second-order valence-corrected chi connectivity index (χ2v) is 10.2. The molecular formula is C32H42O9. The van der Waals surface area contributed by atoms with Crippen LogP contribution in [0.5, 0.6) is 5.75 Å². The quantitative estimate of drug-likeness (QED) is 0.121. The van der Waals surface area contributed by atoms with Crippen molar-refractivity contribution in [1.82, 2.24) is 0 Å². The molecule has 0 spiro atoms. The molecule has 224 valence electrons. The fraction of sp³-hybridized carbons (Fsp3) is 0.531. The number of hydrogen-bond donors (Lipinski definition) is 1. The molecule has 9 nitrogen and oxygen atoms in total. The number of aliphatic hydroxyl groups is 1. The third kappa shape index (κ3) is 10.8. The summed E-state index contributed by atoms with van der Waals surface area (Å²) < 4.78 is 27.2. The van der Waals surface area contributed by atoms with Gasteiger partial charge >= 0.3 is 17.9 Å². The van der Waals surface area contributed by atoms with E-state index < -0.39 is 42.8 Å². The number of ether oxygens (including phenoxy) is 5. The molecule has 0 aromatic heterocycles. The number of hydrogen-bond acceptors (Lipinski definition) is 9. The van der Waals surface area contributed by atoms with Gasteiger partial charge in [-0.2, -0.15) is 0 Å². The van der Waals surface area contributed by atoms with Crippen LogP contribution in [-0.4, -0.2) is 67.8 Å². The molecule has 1 aliphatic heterocycles. The van der Waals surface area contributed by atoms with Crippen LogP contribution in [0.2, 0.25) is 0 Å². The van der Waals surface area contributed by atoms with E-state index >= 15 is 0 Å². The van der Waals surface area contributed by atoms with Gasteiger partial charge in [-0.1, -0.05) is 63.8 Å². The van der Waals surface area contributed by atoms with Crippen molar-refractivity contribution in [1.29, 1.82) is 0 Å². The number of benzene rings is 1. The predicted octanol–water partition coefficient (Wildman–Crippen LogP) is 4.88. The van der Waals surface area contributed by atoms with Gasteiger partial charge in [-0.3, -0.25) is 0 Å². The molecule has 0 bridgehead atoms. The van der Waals surface area contributed by atoms with Crippen LogP contribution in [0.25, 0.3) is 0 Å². The number of carbonyl (C=O) groups is 3. The maximum absolute atomic E-state index is 12.7. The van der Waals surface area contributed by atoms with Crippen LogP contribution in [-0.2, 0) is 28.5 Å². The van der Waals surface area contributed by atoms with Gasteiger partial charge in [0.15, 0.2) is 6.10 Å². The molecule has 1 fully saturated rings. The van der Waals surface area contributed by atoms with Crippen molar-refractivity contribution in [3.63, 3.8) is 0 Å². The van der Waals surface area contributed by atoms with Gasteiger partial charge in [0.2, 0.25) is 0 Å². The van der Waals surface area contributed by atoms with Crippen LogP contribution in [0.3, 0.4) is 0 Å². The topological polar surface area (TPSA) is 118 Å². The van der Waals surface area contributed by atoms with Crippen molar-refractivity contribution in [2.45, 2.75) is 76.6 Å². The predicted molar refractivity (Wildman–Crippen MR) is 152 cm³/mol. The number of unbranched alkanes of at least 4 members (excludes halogenated alkanes) is 4. The minimum absolute atomic E-state index is 0.0790. The van der Waals surface area contributed by atoms with Crippen molar-refractivity contribution in [2.75, 3.05) is 26.4 Å². The zero-order valence-electron chi connectivity index (χ0n) is 23.8. The van der Waals surface area contributed by atoms with Gasteiger partial charge in [-0.05, 0) is 43.0 Å². The molecule has 1 aromatic carbocycles. The monoisotopic (exact) mass is 570 g/mol. The lowest BCUT2D eigenvalue weighted by atomic mass is 9.91. The maximum atomic E-state index is 12.7. The summed E-state index contributed by atoms with van der Waals surface area (Å²) in [6.45, 7) is 5.50. The maximum Gasteiger partial charge on any atom is 0.338 e. The van der Waals surface area contributed by atoms with Crippen molar-refractivity contribution < 1.29 is 43.2 Å². The van der Waals surface area contributed by atoms with Gasteiger partial charge in [-0.25, -0.2) is 14.4 Å². The van der Waals surface area contributed by atoms with E-state index in [0.717, 1.165) is 18.9 Å². The Morgan fingerprint density at radius 1 is 1.10 bits per heavy atom. The highest BCUT2D eigenvalue weighted by atomic mass is 16.6. The number of aliphatic hydroxyl groups excluding tert-OH is 1. The summed E-state index contributed by atoms with van der Waals surface area (Å²) in [6, 6.07) is 6.37. The lowest BCUT2D eigenvalue weighted by molar-refractivity contribution is -0.153. The largest absolute Gasteiger partial charge is 0.490 e. The zero-order chi connectivity index (χ0) is 29.5. The third-order valence-corrected chi connectivity index (χ3v) is 7.07. The summed E-state index contributed by atoms with van der Waals surface area (Å²) >= 11 is 0. The molecule has 3 rings (SSSR count). The van der Waals surface area contributed by atoms with E-state index in [1.54, 1.807) is 24.3 Å². The Morgan fingerprint density at radius 2 is 1.88 bits per heavy atom. The summed E-state index contributed by atoms with van der Waals surface area (Å²) in [5.74, 6) is -0.599. The molecule has 1 aliphatic carbocycles. The first kappa shape index (κ1) is 32.1. The van der Waals surface area contributed by atoms with Gasteiger partial charge in [0.05, 0.1) is 24.4 Å². The molecule has 4 atom stereocenters. The number of carbonyl (C=O) groups excluding carboxylic acids is 3. The molecule has 0 saturated carbocycles. The van der Waals surface area contributed by atoms with E-state index in [1.165, 1.54) is 32.1 Å². The molecule has 9 heteroatoms. The van der Waals surface area contributed by atoms with Crippen LogP contribution in [0.4, 0.5) is 0 Å². The summed E-state index contributed by atoms with van der Waals surface area (Å²) in [6.07, 6.45) is 13.3. The highest BCUT2D eigenvalue weighted by Crippen LogP contribution is 2.26. The average molecular weight is 571 g/mol. The van der Waals surface area contributed by atoms with Crippen molar-refractivity contribution in [3.8, 4) is 5.75 Å². The molecule has 1 N–H and O–H groups in total. The lowest BCUT2D eigenvalue weighted by Crippen LogP contribution is -2.35. The van der Waals surface area contributed by atoms with Gasteiger partial charge in [0, 0.05) is 12.5 Å². The first-order chi connectivity index (χ1) is 19.9. The Bertz CT molecular complexity index is 1060. The van der Waals surface area contributed by atoms with Crippen LogP contribution >= 0.6 is 0 Å². The molecule has 1 heterocycles. The molecule has 0 radical (unpaired) electrons. The molecule has 1 unspecified atom stereocenters. The van der Waals surface area contributed by atoms with Gasteiger partial charge < -0.3 is 28.8 Å². The Labute approximate surface area is 242 Å². The molecule has 0 amide bonds. The molecule has 1 aromatic rings. The second-order valence-electron chi connectivity index (χ2n) is 10.2. The molecular weight excluding hydrogens is 528 g/mol. The van der Waals surface area contributed by atoms with Crippen LogP contribution in [0.15, 0.2) is 60.7 Å². The van der Waals surface area contributed by atoms with E-state index in [9.17, 15) is 19.5 Å².